The molecule has 0 aromatic heterocycles. The molecule has 0 radical (unpaired) electrons. The molecule has 2 aromatic carbocycles. The standard InChI is InChI=1S/2C7H6NO3S.Ru/c2*8-7(9)5-1-3-6(4-2-5)12(10)11;/h2*1-4H,(H2,8,9);/q;;+2/p-2. The van der Waals surface area contributed by atoms with E-state index in [1.165, 1.54) is 48.5 Å². The molecule has 0 unspecified atom stereocenters. The Hall–Kier alpha value is -2.10. The first-order chi connectivity index (χ1) is 11.7. The molecule has 0 atom stereocenters. The number of nitrogens with one attached hydrogen (secondary N) is 2. The quantitative estimate of drug-likeness (QED) is 0.535. The predicted molar refractivity (Wildman–Crippen MR) is 82.2 cm³/mol. The van der Waals surface area contributed by atoms with Gasteiger partial charge in [0.05, 0.1) is 0 Å². The van der Waals surface area contributed by atoms with Crippen LogP contribution in [-0.2, 0) is 28.5 Å². The Kier molecular flexibility index (Phi) is 3.25. The van der Waals surface area contributed by atoms with Gasteiger partial charge in [-0.05, 0) is 0 Å². The molecule has 8 nitrogen and oxygen atoms in total. The number of amides is 2. The molecule has 0 aliphatic carbocycles. The van der Waals surface area contributed by atoms with Crippen molar-refractivity contribution in [2.24, 2.45) is 0 Å². The summed E-state index contributed by atoms with van der Waals surface area (Å²) in [5, 5.41) is 0. The second-order valence-corrected chi connectivity index (χ2v) is 22.6. The molecule has 11 heteroatoms. The maximum atomic E-state index is 13.2. The number of benzene rings is 2. The molecule has 4 heterocycles. The fourth-order valence-corrected chi connectivity index (χ4v) is 22.8. The Bertz CT molecular complexity index is 1050. The average Bonchev–Trinajstić information content (AvgIpc) is 2.59. The first-order valence-electron chi connectivity index (χ1n) is 6.77. The van der Waals surface area contributed by atoms with Gasteiger partial charge in [0.2, 0.25) is 0 Å². The number of rotatable bonds is 0. The maximum absolute atomic E-state index is 13.2. The Morgan fingerprint density at radius 2 is 0.920 bits per heavy atom. The van der Waals surface area contributed by atoms with E-state index in [0.717, 1.165) is 0 Å². The first kappa shape index (κ1) is 16.4. The van der Waals surface area contributed by atoms with E-state index in [0.29, 0.717) is 0 Å². The zero-order chi connectivity index (χ0) is 18.0. The van der Waals surface area contributed by atoms with Crippen LogP contribution in [0.2, 0.25) is 0 Å². The van der Waals surface area contributed by atoms with Crippen molar-refractivity contribution in [1.82, 2.24) is 8.12 Å². The molecule has 25 heavy (non-hydrogen) atoms. The third-order valence-corrected chi connectivity index (χ3v) is 25.9. The zero-order valence-electron chi connectivity index (χ0n) is 12.2. The minimum absolute atomic E-state index is 0.110. The fraction of sp³-hybridized carbons (Fsp3) is 0. The molecule has 2 aromatic rings. The molecule has 4 aliphatic rings. The predicted octanol–water partition coefficient (Wildman–Crippen LogP) is 0.235. The van der Waals surface area contributed by atoms with Crippen molar-refractivity contribution >= 4 is 27.5 Å². The van der Waals surface area contributed by atoms with E-state index in [1.807, 2.05) is 0 Å². The van der Waals surface area contributed by atoms with E-state index in [2.05, 4.69) is 8.12 Å². The topological polar surface area (TPSA) is 126 Å². The van der Waals surface area contributed by atoms with Crippen LogP contribution in [0.15, 0.2) is 58.3 Å². The van der Waals surface area contributed by atoms with Gasteiger partial charge in [-0.3, -0.25) is 0 Å². The van der Waals surface area contributed by atoms with E-state index in [-0.39, 0.29) is 20.9 Å². The molecule has 0 saturated heterocycles. The molecule has 0 saturated carbocycles. The average molecular weight is 467 g/mol. The molecular formula is C14H10N2O6RuS2. The van der Waals surface area contributed by atoms with Crippen LogP contribution < -0.4 is 8.12 Å². The number of hydrogen-bond acceptors (Lipinski definition) is 6. The number of fused-ring (bicyclic) bond motifs is 6. The molecule has 4 aliphatic heterocycles. The Balaban J connectivity index is 2.13. The van der Waals surface area contributed by atoms with Crippen molar-refractivity contribution in [1.29, 1.82) is 0 Å². The summed E-state index contributed by atoms with van der Waals surface area (Å²) < 4.78 is 57.2. The summed E-state index contributed by atoms with van der Waals surface area (Å²) in [6.45, 7) is 0. The van der Waals surface area contributed by atoms with Gasteiger partial charge in [0, 0.05) is 0 Å². The third-order valence-electron chi connectivity index (χ3n) is 3.71. The van der Waals surface area contributed by atoms with Gasteiger partial charge in [0.1, 0.15) is 0 Å². The van der Waals surface area contributed by atoms with Crippen LogP contribution in [0.25, 0.3) is 0 Å². The summed E-state index contributed by atoms with van der Waals surface area (Å²) in [4.78, 5) is 24.3. The van der Waals surface area contributed by atoms with Crippen LogP contribution >= 0.6 is 0 Å². The van der Waals surface area contributed by atoms with Gasteiger partial charge in [0.15, 0.2) is 0 Å². The van der Waals surface area contributed by atoms with E-state index in [9.17, 15) is 26.4 Å². The summed E-state index contributed by atoms with van der Waals surface area (Å²) in [7, 11) is -9.10. The molecule has 132 valence electrons. The Labute approximate surface area is 144 Å². The monoisotopic (exact) mass is 468 g/mol. The Morgan fingerprint density at radius 1 is 0.600 bits per heavy atom. The third kappa shape index (κ3) is 2.00. The van der Waals surface area contributed by atoms with Crippen LogP contribution in [0.4, 0.5) is 0 Å². The van der Waals surface area contributed by atoms with Gasteiger partial charge in [0.25, 0.3) is 0 Å². The summed E-state index contributed by atoms with van der Waals surface area (Å²) in [6, 6.07) is 9.86. The molecular weight excluding hydrogens is 457 g/mol. The van der Waals surface area contributed by atoms with Gasteiger partial charge in [-0.2, -0.15) is 0 Å². The van der Waals surface area contributed by atoms with E-state index in [4.69, 9.17) is 0 Å². The summed E-state index contributed by atoms with van der Waals surface area (Å²) in [6.07, 6.45) is 0. The van der Waals surface area contributed by atoms with E-state index < -0.39 is 40.3 Å². The van der Waals surface area contributed by atoms with Crippen molar-refractivity contribution in [2.75, 3.05) is 0 Å². The molecule has 6 rings (SSSR count). The van der Waals surface area contributed by atoms with Crippen molar-refractivity contribution in [2.45, 2.75) is 9.79 Å². The Morgan fingerprint density at radius 3 is 1.24 bits per heavy atom. The van der Waals surface area contributed by atoms with Crippen molar-refractivity contribution < 1.29 is 39.2 Å². The van der Waals surface area contributed by atoms with Crippen molar-refractivity contribution in [3.63, 3.8) is 0 Å². The molecule has 1 spiro atoms. The fourth-order valence-electron chi connectivity index (χ4n) is 2.39. The van der Waals surface area contributed by atoms with Gasteiger partial charge < -0.3 is 0 Å². The van der Waals surface area contributed by atoms with Gasteiger partial charge in [-0.15, -0.1) is 0 Å². The van der Waals surface area contributed by atoms with Gasteiger partial charge >= 0.3 is 144 Å². The zero-order valence-corrected chi connectivity index (χ0v) is 15.6. The molecule has 2 N–H and O–H groups in total. The molecule has 4 bridgehead atoms. The van der Waals surface area contributed by atoms with Crippen LogP contribution in [0, 0.1) is 0 Å². The summed E-state index contributed by atoms with van der Waals surface area (Å²) in [5.41, 5.74) is 0.221. The minimum atomic E-state index is -5.44. The summed E-state index contributed by atoms with van der Waals surface area (Å²) >= 11 is -5.44. The second-order valence-electron chi connectivity index (χ2n) is 5.17. The number of hydrogen-bond donors (Lipinski definition) is 2. The van der Waals surface area contributed by atoms with Crippen LogP contribution in [0.1, 0.15) is 20.7 Å². The molecule has 0 fully saturated rings. The van der Waals surface area contributed by atoms with Gasteiger partial charge in [-0.25, -0.2) is 0 Å². The van der Waals surface area contributed by atoms with Gasteiger partial charge in [-0.1, -0.05) is 0 Å². The van der Waals surface area contributed by atoms with Crippen LogP contribution in [0.5, 0.6) is 0 Å². The van der Waals surface area contributed by atoms with Crippen LogP contribution in [-0.4, -0.2) is 28.6 Å². The summed E-state index contributed by atoms with van der Waals surface area (Å²) in [5.74, 6) is -1.72. The van der Waals surface area contributed by atoms with Crippen molar-refractivity contribution in [3.8, 4) is 0 Å². The second kappa shape index (κ2) is 4.97. The number of carbonyl (C=O) groups excluding carboxylic acids is 2. The normalized spacial score (nSPS) is 22.9. The van der Waals surface area contributed by atoms with Crippen molar-refractivity contribution in [3.05, 3.63) is 59.7 Å². The number of carbonyl (C=O) groups is 2. The first-order valence-corrected chi connectivity index (χ1v) is 15.5. The molecule has 2 amide bonds. The SMILES string of the molecule is O=C1[NH][Ru]2([NH]C(=O)c3ccc(cc3)[S]2(=O)=O)[S](=O)(=O)c2ccc1cc2. The van der Waals surface area contributed by atoms with E-state index in [1.54, 1.807) is 0 Å². The van der Waals surface area contributed by atoms with Crippen LogP contribution in [0.3, 0.4) is 0 Å². The van der Waals surface area contributed by atoms with E-state index >= 15 is 0 Å².